The van der Waals surface area contributed by atoms with Gasteiger partial charge in [0, 0.05) is 30.2 Å². The summed E-state index contributed by atoms with van der Waals surface area (Å²) in [6, 6.07) is 2.25. The van der Waals surface area contributed by atoms with Crippen molar-refractivity contribution in [3.8, 4) is 6.07 Å². The minimum absolute atomic E-state index is 0.274. The molecule has 0 aromatic heterocycles. The highest BCUT2D eigenvalue weighted by molar-refractivity contribution is 7.97. The summed E-state index contributed by atoms with van der Waals surface area (Å²) in [7, 11) is 0. The van der Waals surface area contributed by atoms with Crippen LogP contribution in [0.15, 0.2) is 0 Å². The van der Waals surface area contributed by atoms with Gasteiger partial charge in [0.2, 0.25) is 0 Å². The van der Waals surface area contributed by atoms with E-state index in [1.807, 2.05) is 11.9 Å². The number of hydrogen-bond donors (Lipinski definition) is 0. The van der Waals surface area contributed by atoms with Crippen LogP contribution >= 0.6 is 11.9 Å². The maximum Gasteiger partial charge on any atom is 0.0628 e. The predicted octanol–water partition coefficient (Wildman–Crippen LogP) is 2.28. The summed E-state index contributed by atoms with van der Waals surface area (Å²) < 4.78 is 2.35. The summed E-state index contributed by atoms with van der Waals surface area (Å²) in [6.45, 7) is 8.73. The van der Waals surface area contributed by atoms with Crippen molar-refractivity contribution in [2.45, 2.75) is 32.4 Å². The van der Waals surface area contributed by atoms with Gasteiger partial charge in [0.1, 0.15) is 0 Å². The lowest BCUT2D eigenvalue weighted by Crippen LogP contribution is -2.51. The van der Waals surface area contributed by atoms with Crippen LogP contribution in [-0.2, 0) is 0 Å². The lowest BCUT2D eigenvalue weighted by atomic mass is 9.81. The molecular weight excluding hydrogens is 168 g/mol. The molecule has 1 rings (SSSR count). The third kappa shape index (κ3) is 2.40. The Kier molecular flexibility index (Phi) is 3.03. The van der Waals surface area contributed by atoms with Crippen molar-refractivity contribution in [1.82, 2.24) is 4.31 Å². The van der Waals surface area contributed by atoms with E-state index < -0.39 is 0 Å². The maximum atomic E-state index is 8.56. The molecule has 1 aliphatic rings. The van der Waals surface area contributed by atoms with Gasteiger partial charge in [-0.15, -0.1) is 0 Å². The molecule has 2 nitrogen and oxygen atoms in total. The average Bonchev–Trinajstić information content (AvgIpc) is 1.83. The molecule has 0 atom stereocenters. The molecule has 0 radical (unpaired) electrons. The van der Waals surface area contributed by atoms with Crippen molar-refractivity contribution in [3.05, 3.63) is 0 Å². The fraction of sp³-hybridized carbons (Fsp3) is 0.889. The molecule has 1 heterocycles. The van der Waals surface area contributed by atoms with E-state index in [0.717, 1.165) is 13.1 Å². The van der Waals surface area contributed by atoms with E-state index >= 15 is 0 Å². The summed E-state index contributed by atoms with van der Waals surface area (Å²) >= 11 is 1.89. The van der Waals surface area contributed by atoms with Gasteiger partial charge in [-0.3, -0.25) is 0 Å². The van der Waals surface area contributed by atoms with Gasteiger partial charge in [0.25, 0.3) is 0 Å². The number of rotatable bonds is 3. The Morgan fingerprint density at radius 3 is 2.58 bits per heavy atom. The molecule has 0 aromatic carbocycles. The Hall–Kier alpha value is -0.200. The summed E-state index contributed by atoms with van der Waals surface area (Å²) in [6.07, 6.45) is 0.697. The summed E-state index contributed by atoms with van der Waals surface area (Å²) in [4.78, 5) is 0. The second kappa shape index (κ2) is 3.68. The Bertz CT molecular complexity index is 189. The minimum Gasteiger partial charge on any atom is -0.249 e. The van der Waals surface area contributed by atoms with E-state index in [9.17, 15) is 0 Å². The first-order valence-electron chi connectivity index (χ1n) is 4.34. The van der Waals surface area contributed by atoms with Gasteiger partial charge in [-0.1, -0.05) is 32.7 Å². The Labute approximate surface area is 79.1 Å². The van der Waals surface area contributed by atoms with Crippen LogP contribution in [0.4, 0.5) is 0 Å². The Morgan fingerprint density at radius 2 is 2.17 bits per heavy atom. The zero-order chi connectivity index (χ0) is 9.19. The van der Waals surface area contributed by atoms with Gasteiger partial charge in [-0.2, -0.15) is 5.26 Å². The molecule has 0 aliphatic carbocycles. The van der Waals surface area contributed by atoms with E-state index in [0.29, 0.717) is 11.7 Å². The highest BCUT2D eigenvalue weighted by atomic mass is 32.2. The van der Waals surface area contributed by atoms with Crippen LogP contribution in [0.1, 0.15) is 27.2 Å². The summed E-state index contributed by atoms with van der Waals surface area (Å²) in [5, 5.41) is 9.22. The fourth-order valence-electron chi connectivity index (χ4n) is 1.48. The third-order valence-electron chi connectivity index (χ3n) is 1.98. The van der Waals surface area contributed by atoms with Crippen molar-refractivity contribution in [1.29, 1.82) is 5.26 Å². The molecule has 0 unspecified atom stereocenters. The standard InChI is InChI=1S/C9H16N2S/c1-8(2)12-11-6-9(3,7-11)4-5-10/h8H,4,6-7H2,1-3H3. The van der Waals surface area contributed by atoms with E-state index in [1.165, 1.54) is 0 Å². The van der Waals surface area contributed by atoms with E-state index in [4.69, 9.17) is 5.26 Å². The van der Waals surface area contributed by atoms with Crippen molar-refractivity contribution in [2.75, 3.05) is 13.1 Å². The molecule has 0 bridgehead atoms. The SMILES string of the molecule is CC(C)SN1CC(C)(CC#N)C1. The highest BCUT2D eigenvalue weighted by Gasteiger charge is 2.38. The average molecular weight is 184 g/mol. The molecule has 68 valence electrons. The molecule has 0 N–H and O–H groups in total. The number of nitriles is 1. The van der Waals surface area contributed by atoms with Crippen LogP contribution in [0.2, 0.25) is 0 Å². The largest absolute Gasteiger partial charge is 0.249 e. The van der Waals surface area contributed by atoms with Crippen molar-refractivity contribution < 1.29 is 0 Å². The monoisotopic (exact) mass is 184 g/mol. The summed E-state index contributed by atoms with van der Waals surface area (Å²) in [5.41, 5.74) is 0.274. The Balaban J connectivity index is 2.23. The molecular formula is C9H16N2S. The minimum atomic E-state index is 0.274. The molecule has 1 saturated heterocycles. The van der Waals surface area contributed by atoms with E-state index in [2.05, 4.69) is 31.1 Å². The first-order chi connectivity index (χ1) is 5.56. The van der Waals surface area contributed by atoms with Gasteiger partial charge < -0.3 is 0 Å². The highest BCUT2D eigenvalue weighted by Crippen LogP contribution is 2.38. The topological polar surface area (TPSA) is 27.0 Å². The van der Waals surface area contributed by atoms with Crippen LogP contribution < -0.4 is 0 Å². The lowest BCUT2D eigenvalue weighted by Gasteiger charge is -2.46. The van der Waals surface area contributed by atoms with Crippen LogP contribution in [0.5, 0.6) is 0 Å². The lowest BCUT2D eigenvalue weighted by molar-refractivity contribution is 0.106. The fourth-order valence-corrected chi connectivity index (χ4v) is 2.85. The smallest absolute Gasteiger partial charge is 0.0628 e. The molecule has 0 amide bonds. The van der Waals surface area contributed by atoms with Crippen molar-refractivity contribution >= 4 is 11.9 Å². The zero-order valence-corrected chi connectivity index (χ0v) is 8.82. The number of nitrogens with zero attached hydrogens (tertiary/aromatic N) is 2. The maximum absolute atomic E-state index is 8.56. The van der Waals surface area contributed by atoms with Gasteiger partial charge in [-0.05, 0) is 0 Å². The first kappa shape index (κ1) is 9.88. The van der Waals surface area contributed by atoms with Crippen LogP contribution in [-0.4, -0.2) is 22.6 Å². The predicted molar refractivity (Wildman–Crippen MR) is 52.6 cm³/mol. The van der Waals surface area contributed by atoms with Crippen LogP contribution in [0.3, 0.4) is 0 Å². The van der Waals surface area contributed by atoms with E-state index in [1.54, 1.807) is 0 Å². The van der Waals surface area contributed by atoms with Gasteiger partial charge in [-0.25, -0.2) is 4.31 Å². The molecule has 1 aliphatic heterocycles. The van der Waals surface area contributed by atoms with E-state index in [-0.39, 0.29) is 5.41 Å². The molecule has 12 heavy (non-hydrogen) atoms. The molecule has 0 spiro atoms. The van der Waals surface area contributed by atoms with Crippen molar-refractivity contribution in [3.63, 3.8) is 0 Å². The van der Waals surface area contributed by atoms with Gasteiger partial charge >= 0.3 is 0 Å². The molecule has 1 fully saturated rings. The van der Waals surface area contributed by atoms with Crippen molar-refractivity contribution in [2.24, 2.45) is 5.41 Å². The van der Waals surface area contributed by atoms with Crippen LogP contribution in [0, 0.1) is 16.7 Å². The third-order valence-corrected chi connectivity index (χ3v) is 2.96. The zero-order valence-electron chi connectivity index (χ0n) is 8.00. The second-order valence-corrected chi connectivity index (χ2v) is 5.77. The number of hydrogen-bond acceptors (Lipinski definition) is 3. The molecule has 0 saturated carbocycles. The van der Waals surface area contributed by atoms with Crippen LogP contribution in [0.25, 0.3) is 0 Å². The van der Waals surface area contributed by atoms with Gasteiger partial charge in [0.15, 0.2) is 0 Å². The summed E-state index contributed by atoms with van der Waals surface area (Å²) in [5.74, 6) is 0. The quantitative estimate of drug-likeness (QED) is 0.630. The van der Waals surface area contributed by atoms with Gasteiger partial charge in [0.05, 0.1) is 6.07 Å². The molecule has 3 heteroatoms. The second-order valence-electron chi connectivity index (χ2n) is 4.10. The Morgan fingerprint density at radius 1 is 1.58 bits per heavy atom. The first-order valence-corrected chi connectivity index (χ1v) is 5.18. The normalized spacial score (nSPS) is 21.9. The molecule has 0 aromatic rings.